The van der Waals surface area contributed by atoms with Gasteiger partial charge in [0.15, 0.2) is 18.2 Å². The third-order valence-corrected chi connectivity index (χ3v) is 6.11. The van der Waals surface area contributed by atoms with Crippen LogP contribution in [0.2, 0.25) is 0 Å². The van der Waals surface area contributed by atoms with E-state index in [1.807, 2.05) is 19.1 Å². The Morgan fingerprint density at radius 1 is 1.18 bits per heavy atom. The Labute approximate surface area is 190 Å². The third kappa shape index (κ3) is 5.60. The molecule has 1 N–H and O–H groups in total. The van der Waals surface area contributed by atoms with Crippen molar-refractivity contribution in [1.82, 2.24) is 9.97 Å². The Kier molecular flexibility index (Phi) is 6.76. The molecule has 0 aliphatic heterocycles. The molecule has 33 heavy (non-hydrogen) atoms. The fourth-order valence-corrected chi connectivity index (χ4v) is 4.24. The lowest BCUT2D eigenvalue weighted by Crippen LogP contribution is -2.30. The SMILES string of the molecule is CC(C(=O)Nc1ccc(Oc2ncc(F)cc2F)cn1)[C@H]1CCC[C@@H](c2cc[n+]([O-])cc2)C1. The lowest BCUT2D eigenvalue weighted by Gasteiger charge is -2.32. The molecule has 1 fully saturated rings. The lowest BCUT2D eigenvalue weighted by molar-refractivity contribution is -0.605. The maximum Gasteiger partial charge on any atom is 0.256 e. The number of aromatic nitrogens is 3. The summed E-state index contributed by atoms with van der Waals surface area (Å²) in [5, 5.41) is 14.1. The summed E-state index contributed by atoms with van der Waals surface area (Å²) in [6.07, 6.45) is 9.12. The van der Waals surface area contributed by atoms with Gasteiger partial charge in [-0.25, -0.2) is 18.7 Å². The second-order valence-corrected chi connectivity index (χ2v) is 8.31. The van der Waals surface area contributed by atoms with Crippen molar-refractivity contribution in [3.8, 4) is 11.6 Å². The van der Waals surface area contributed by atoms with E-state index in [-0.39, 0.29) is 29.4 Å². The number of nitrogens with one attached hydrogen (secondary N) is 1. The van der Waals surface area contributed by atoms with Crippen LogP contribution < -0.4 is 14.8 Å². The number of anilines is 1. The summed E-state index contributed by atoms with van der Waals surface area (Å²) in [5.74, 6) is -1.32. The van der Waals surface area contributed by atoms with E-state index < -0.39 is 11.6 Å². The molecule has 1 saturated carbocycles. The van der Waals surface area contributed by atoms with E-state index in [1.165, 1.54) is 24.7 Å². The van der Waals surface area contributed by atoms with E-state index in [9.17, 15) is 18.8 Å². The van der Waals surface area contributed by atoms with Gasteiger partial charge in [-0.15, -0.1) is 0 Å². The molecule has 7 nitrogen and oxygen atoms in total. The van der Waals surface area contributed by atoms with Gasteiger partial charge < -0.3 is 15.3 Å². The molecule has 3 heterocycles. The van der Waals surface area contributed by atoms with Gasteiger partial charge >= 0.3 is 0 Å². The van der Waals surface area contributed by atoms with Gasteiger partial charge in [-0.05, 0) is 48.8 Å². The number of pyridine rings is 3. The molecule has 3 atom stereocenters. The largest absolute Gasteiger partial charge is 0.619 e. The second-order valence-electron chi connectivity index (χ2n) is 8.31. The highest BCUT2D eigenvalue weighted by Gasteiger charge is 2.31. The third-order valence-electron chi connectivity index (χ3n) is 6.11. The van der Waals surface area contributed by atoms with Gasteiger partial charge in [-0.2, -0.15) is 4.73 Å². The standard InChI is InChI=1S/C24H24F2N4O3/c1-15(17-3-2-4-18(11-17)16-7-9-30(32)10-8-16)23(31)29-22-6-5-20(14-27-22)33-24-21(26)12-19(25)13-28-24/h5-10,12-15,17-18H,2-4,11H2,1H3,(H,27,29,31)/t15?,17-,18+/m0/s1. The van der Waals surface area contributed by atoms with E-state index in [0.717, 1.165) is 42.2 Å². The quantitative estimate of drug-likeness (QED) is 0.430. The smallest absolute Gasteiger partial charge is 0.256 e. The van der Waals surface area contributed by atoms with Crippen LogP contribution in [0.4, 0.5) is 14.6 Å². The molecular weight excluding hydrogens is 430 g/mol. The minimum atomic E-state index is -0.922. The first kappa shape index (κ1) is 22.6. The van der Waals surface area contributed by atoms with E-state index in [1.54, 1.807) is 6.07 Å². The zero-order chi connectivity index (χ0) is 23.4. The van der Waals surface area contributed by atoms with Crippen molar-refractivity contribution in [3.63, 3.8) is 0 Å². The van der Waals surface area contributed by atoms with Crippen LogP contribution in [-0.2, 0) is 4.79 Å². The van der Waals surface area contributed by atoms with Gasteiger partial charge in [0.1, 0.15) is 17.4 Å². The normalized spacial score (nSPS) is 19.0. The van der Waals surface area contributed by atoms with Gasteiger partial charge in [-0.3, -0.25) is 4.79 Å². The van der Waals surface area contributed by atoms with Gasteiger partial charge in [0.25, 0.3) is 5.88 Å². The number of carbonyl (C=O) groups excluding carboxylic acids is 1. The molecule has 0 spiro atoms. The molecule has 0 aromatic carbocycles. The zero-order valence-electron chi connectivity index (χ0n) is 18.1. The summed E-state index contributed by atoms with van der Waals surface area (Å²) in [6, 6.07) is 7.45. The highest BCUT2D eigenvalue weighted by atomic mass is 19.1. The van der Waals surface area contributed by atoms with Crippen molar-refractivity contribution in [2.75, 3.05) is 5.32 Å². The lowest BCUT2D eigenvalue weighted by atomic mass is 9.73. The molecule has 3 aromatic rings. The number of halogens is 2. The molecule has 9 heteroatoms. The summed E-state index contributed by atoms with van der Waals surface area (Å²) in [6.45, 7) is 1.92. The Bertz CT molecular complexity index is 1110. The van der Waals surface area contributed by atoms with Crippen LogP contribution in [0.1, 0.15) is 44.1 Å². The van der Waals surface area contributed by atoms with Crippen LogP contribution in [0.3, 0.4) is 0 Å². The van der Waals surface area contributed by atoms with Crippen molar-refractivity contribution in [3.05, 3.63) is 77.5 Å². The zero-order valence-corrected chi connectivity index (χ0v) is 18.1. The molecule has 4 rings (SSSR count). The number of hydrogen-bond acceptors (Lipinski definition) is 5. The van der Waals surface area contributed by atoms with E-state index in [2.05, 4.69) is 15.3 Å². The van der Waals surface area contributed by atoms with Crippen LogP contribution in [-0.4, -0.2) is 15.9 Å². The summed E-state index contributed by atoms with van der Waals surface area (Å²) in [7, 11) is 0. The van der Waals surface area contributed by atoms with Crippen molar-refractivity contribution in [1.29, 1.82) is 0 Å². The molecule has 0 bridgehead atoms. The van der Waals surface area contributed by atoms with Crippen LogP contribution in [0, 0.1) is 28.7 Å². The van der Waals surface area contributed by atoms with Crippen LogP contribution >= 0.6 is 0 Å². The maximum atomic E-state index is 13.7. The van der Waals surface area contributed by atoms with Crippen molar-refractivity contribution >= 4 is 11.7 Å². The van der Waals surface area contributed by atoms with Gasteiger partial charge in [-0.1, -0.05) is 13.3 Å². The molecular formula is C24H24F2N4O3. The van der Waals surface area contributed by atoms with Crippen LogP contribution in [0.15, 0.2) is 55.1 Å². The summed E-state index contributed by atoms with van der Waals surface area (Å²) in [5.41, 5.74) is 1.13. The predicted octanol–water partition coefficient (Wildman–Crippen LogP) is 4.73. The van der Waals surface area contributed by atoms with Gasteiger partial charge in [0, 0.05) is 24.1 Å². The fourth-order valence-electron chi connectivity index (χ4n) is 4.24. The first-order chi connectivity index (χ1) is 15.9. The predicted molar refractivity (Wildman–Crippen MR) is 116 cm³/mol. The fraction of sp³-hybridized carbons (Fsp3) is 0.333. The number of ether oxygens (including phenoxy) is 1. The summed E-state index contributed by atoms with van der Waals surface area (Å²) >= 11 is 0. The minimum absolute atomic E-state index is 0.126. The second kappa shape index (κ2) is 9.89. The van der Waals surface area contributed by atoms with E-state index in [0.29, 0.717) is 17.8 Å². The number of rotatable bonds is 6. The molecule has 1 unspecified atom stereocenters. The van der Waals surface area contributed by atoms with Gasteiger partial charge in [0.2, 0.25) is 5.91 Å². The summed E-state index contributed by atoms with van der Waals surface area (Å²) in [4.78, 5) is 20.5. The van der Waals surface area contributed by atoms with Crippen LogP contribution in [0.25, 0.3) is 0 Å². The van der Waals surface area contributed by atoms with Crippen molar-refractivity contribution in [2.24, 2.45) is 11.8 Å². The Balaban J connectivity index is 1.34. The monoisotopic (exact) mass is 454 g/mol. The number of carbonyl (C=O) groups is 1. The molecule has 0 radical (unpaired) electrons. The average molecular weight is 454 g/mol. The average Bonchev–Trinajstić information content (AvgIpc) is 2.82. The Hall–Kier alpha value is -3.62. The topological polar surface area (TPSA) is 91.0 Å². The van der Waals surface area contributed by atoms with E-state index in [4.69, 9.17) is 4.74 Å². The Morgan fingerprint density at radius 3 is 2.67 bits per heavy atom. The van der Waals surface area contributed by atoms with Crippen LogP contribution in [0.5, 0.6) is 11.6 Å². The number of hydrogen-bond donors (Lipinski definition) is 1. The minimum Gasteiger partial charge on any atom is -0.619 e. The first-order valence-corrected chi connectivity index (χ1v) is 10.8. The number of amides is 1. The maximum absolute atomic E-state index is 13.7. The van der Waals surface area contributed by atoms with Gasteiger partial charge in [0.05, 0.1) is 12.4 Å². The Morgan fingerprint density at radius 2 is 1.97 bits per heavy atom. The van der Waals surface area contributed by atoms with Crippen molar-refractivity contribution in [2.45, 2.75) is 38.5 Å². The molecule has 3 aromatic heterocycles. The van der Waals surface area contributed by atoms with E-state index >= 15 is 0 Å². The first-order valence-electron chi connectivity index (χ1n) is 10.8. The highest BCUT2D eigenvalue weighted by molar-refractivity contribution is 5.91. The number of nitrogens with zero attached hydrogens (tertiary/aromatic N) is 3. The molecule has 1 aliphatic rings. The molecule has 172 valence electrons. The summed E-state index contributed by atoms with van der Waals surface area (Å²) < 4.78 is 32.7. The highest BCUT2D eigenvalue weighted by Crippen LogP contribution is 2.39. The molecule has 0 saturated heterocycles. The van der Waals surface area contributed by atoms with Crippen molar-refractivity contribution < 1.29 is 23.0 Å². The molecule has 1 amide bonds. The molecule has 1 aliphatic carbocycles.